The minimum atomic E-state index is 0.828. The van der Waals surface area contributed by atoms with Crippen molar-refractivity contribution in [2.45, 2.75) is 52.1 Å². The van der Waals surface area contributed by atoms with Gasteiger partial charge in [0.05, 0.1) is 0 Å². The van der Waals surface area contributed by atoms with Crippen LogP contribution in [0.25, 0.3) is 0 Å². The van der Waals surface area contributed by atoms with Gasteiger partial charge in [0.1, 0.15) is 0 Å². The van der Waals surface area contributed by atoms with Crippen LogP contribution in [-0.4, -0.2) is 23.5 Å². The summed E-state index contributed by atoms with van der Waals surface area (Å²) in [4.78, 5) is 2.60. The van der Waals surface area contributed by atoms with Gasteiger partial charge in [0.25, 0.3) is 0 Å². The predicted molar refractivity (Wildman–Crippen MR) is 45.2 cm³/mol. The molecule has 1 aliphatic rings. The molecule has 0 aliphatic carbocycles. The van der Waals surface area contributed by atoms with Crippen molar-refractivity contribution >= 4 is 0 Å². The molecule has 0 amide bonds. The van der Waals surface area contributed by atoms with E-state index in [2.05, 4.69) is 25.7 Å². The van der Waals surface area contributed by atoms with E-state index in [9.17, 15) is 0 Å². The average molecular weight is 141 g/mol. The Morgan fingerprint density at radius 2 is 1.70 bits per heavy atom. The second-order valence-electron chi connectivity index (χ2n) is 3.46. The summed E-state index contributed by atoms with van der Waals surface area (Å²) < 4.78 is 0. The summed E-state index contributed by atoms with van der Waals surface area (Å²) in [7, 11) is 0. The third-order valence-corrected chi connectivity index (χ3v) is 2.74. The maximum atomic E-state index is 2.60. The van der Waals surface area contributed by atoms with E-state index in [1.807, 2.05) is 0 Å². The zero-order chi connectivity index (χ0) is 7.56. The van der Waals surface area contributed by atoms with Crippen molar-refractivity contribution in [2.24, 2.45) is 0 Å². The molecule has 0 bridgehead atoms. The first-order valence-electron chi connectivity index (χ1n) is 4.51. The Hall–Kier alpha value is -0.0400. The van der Waals surface area contributed by atoms with E-state index in [0.717, 1.165) is 12.1 Å². The maximum Gasteiger partial charge on any atom is 0.00696 e. The smallest absolute Gasteiger partial charge is 0.00696 e. The summed E-state index contributed by atoms with van der Waals surface area (Å²) in [6.45, 7) is 8.18. The summed E-state index contributed by atoms with van der Waals surface area (Å²) in [6, 6.07) is 1.66. The SMILES string of the molecule is CCN1C(C)CCCC1C. The standard InChI is InChI=1S/C9H19N/c1-4-10-8(2)6-5-7-9(10)3/h8-9H,4-7H2,1-3H3. The predicted octanol–water partition coefficient (Wildman–Crippen LogP) is 2.27. The molecule has 1 saturated heterocycles. The molecule has 1 heteroatoms. The largest absolute Gasteiger partial charge is 0.298 e. The van der Waals surface area contributed by atoms with Crippen LogP contribution in [0.15, 0.2) is 0 Å². The lowest BCUT2D eigenvalue weighted by atomic mass is 9.98. The third kappa shape index (κ3) is 1.51. The van der Waals surface area contributed by atoms with Crippen molar-refractivity contribution < 1.29 is 0 Å². The highest BCUT2D eigenvalue weighted by Gasteiger charge is 2.22. The number of likely N-dealkylation sites (tertiary alicyclic amines) is 1. The lowest BCUT2D eigenvalue weighted by Gasteiger charge is -2.38. The van der Waals surface area contributed by atoms with Crippen molar-refractivity contribution in [1.29, 1.82) is 0 Å². The minimum Gasteiger partial charge on any atom is -0.298 e. The molecule has 2 unspecified atom stereocenters. The van der Waals surface area contributed by atoms with E-state index in [-0.39, 0.29) is 0 Å². The molecule has 0 N–H and O–H groups in total. The normalized spacial score (nSPS) is 36.3. The van der Waals surface area contributed by atoms with Gasteiger partial charge >= 0.3 is 0 Å². The van der Waals surface area contributed by atoms with Gasteiger partial charge in [-0.25, -0.2) is 0 Å². The molecule has 0 spiro atoms. The number of hydrogen-bond donors (Lipinski definition) is 0. The summed E-state index contributed by atoms with van der Waals surface area (Å²) in [6.07, 6.45) is 4.23. The Kier molecular flexibility index (Phi) is 2.72. The zero-order valence-corrected chi connectivity index (χ0v) is 7.43. The quantitative estimate of drug-likeness (QED) is 0.541. The van der Waals surface area contributed by atoms with Crippen LogP contribution in [0.3, 0.4) is 0 Å². The highest BCUT2D eigenvalue weighted by atomic mass is 15.2. The highest BCUT2D eigenvalue weighted by Crippen LogP contribution is 2.21. The Morgan fingerprint density at radius 1 is 1.20 bits per heavy atom. The van der Waals surface area contributed by atoms with Gasteiger partial charge in [-0.3, -0.25) is 4.90 Å². The van der Waals surface area contributed by atoms with Gasteiger partial charge in [0.15, 0.2) is 0 Å². The van der Waals surface area contributed by atoms with Gasteiger partial charge in [-0.05, 0) is 33.2 Å². The lowest BCUT2D eigenvalue weighted by molar-refractivity contribution is 0.111. The average Bonchev–Trinajstić information content (AvgIpc) is 1.88. The molecule has 1 fully saturated rings. The van der Waals surface area contributed by atoms with Gasteiger partial charge in [-0.1, -0.05) is 13.3 Å². The van der Waals surface area contributed by atoms with Crippen LogP contribution in [0, 0.1) is 0 Å². The first-order chi connectivity index (χ1) is 4.75. The van der Waals surface area contributed by atoms with Gasteiger partial charge in [0, 0.05) is 12.1 Å². The van der Waals surface area contributed by atoms with Crippen LogP contribution in [-0.2, 0) is 0 Å². The van der Waals surface area contributed by atoms with Crippen molar-refractivity contribution in [1.82, 2.24) is 4.90 Å². The van der Waals surface area contributed by atoms with Gasteiger partial charge < -0.3 is 0 Å². The fraction of sp³-hybridized carbons (Fsp3) is 1.00. The number of hydrogen-bond acceptors (Lipinski definition) is 1. The van der Waals surface area contributed by atoms with E-state index in [4.69, 9.17) is 0 Å². The topological polar surface area (TPSA) is 3.24 Å². The summed E-state index contributed by atoms with van der Waals surface area (Å²) in [5.74, 6) is 0. The second-order valence-corrected chi connectivity index (χ2v) is 3.46. The van der Waals surface area contributed by atoms with Crippen LogP contribution in [0.5, 0.6) is 0 Å². The van der Waals surface area contributed by atoms with Crippen LogP contribution in [0.4, 0.5) is 0 Å². The molecule has 0 aromatic carbocycles. The molecular formula is C9H19N. The number of piperidine rings is 1. The van der Waals surface area contributed by atoms with E-state index < -0.39 is 0 Å². The molecule has 0 saturated carbocycles. The zero-order valence-electron chi connectivity index (χ0n) is 7.43. The lowest BCUT2D eigenvalue weighted by Crippen LogP contribution is -2.43. The van der Waals surface area contributed by atoms with E-state index >= 15 is 0 Å². The molecule has 10 heavy (non-hydrogen) atoms. The van der Waals surface area contributed by atoms with Crippen LogP contribution < -0.4 is 0 Å². The summed E-state index contributed by atoms with van der Waals surface area (Å²) >= 11 is 0. The van der Waals surface area contributed by atoms with Crippen molar-refractivity contribution in [3.63, 3.8) is 0 Å². The molecule has 1 nitrogen and oxygen atoms in total. The maximum absolute atomic E-state index is 2.60. The first-order valence-corrected chi connectivity index (χ1v) is 4.51. The van der Waals surface area contributed by atoms with E-state index in [0.29, 0.717) is 0 Å². The van der Waals surface area contributed by atoms with Crippen molar-refractivity contribution in [3.8, 4) is 0 Å². The first kappa shape index (κ1) is 8.06. The van der Waals surface area contributed by atoms with E-state index in [1.165, 1.54) is 25.8 Å². The highest BCUT2D eigenvalue weighted by molar-refractivity contribution is 4.77. The van der Waals surface area contributed by atoms with Crippen molar-refractivity contribution in [2.75, 3.05) is 6.54 Å². The Labute approximate surface area is 64.4 Å². The third-order valence-electron chi connectivity index (χ3n) is 2.74. The second kappa shape index (κ2) is 3.38. The minimum absolute atomic E-state index is 0.828. The number of rotatable bonds is 1. The van der Waals surface area contributed by atoms with Crippen LogP contribution in [0.2, 0.25) is 0 Å². The van der Waals surface area contributed by atoms with Gasteiger partial charge in [-0.2, -0.15) is 0 Å². The summed E-state index contributed by atoms with van der Waals surface area (Å²) in [5.41, 5.74) is 0. The Morgan fingerprint density at radius 3 is 2.00 bits per heavy atom. The van der Waals surface area contributed by atoms with Gasteiger partial charge in [0.2, 0.25) is 0 Å². The molecule has 0 aromatic rings. The summed E-state index contributed by atoms with van der Waals surface area (Å²) in [5, 5.41) is 0. The monoisotopic (exact) mass is 141 g/mol. The molecule has 1 heterocycles. The van der Waals surface area contributed by atoms with E-state index in [1.54, 1.807) is 0 Å². The molecule has 2 atom stereocenters. The molecule has 0 radical (unpaired) electrons. The molecule has 1 rings (SSSR count). The van der Waals surface area contributed by atoms with Crippen molar-refractivity contribution in [3.05, 3.63) is 0 Å². The van der Waals surface area contributed by atoms with Gasteiger partial charge in [-0.15, -0.1) is 0 Å². The Bertz CT molecular complexity index is 90.9. The fourth-order valence-corrected chi connectivity index (χ4v) is 2.10. The number of nitrogens with zero attached hydrogens (tertiary/aromatic N) is 1. The molecule has 0 aromatic heterocycles. The van der Waals surface area contributed by atoms with Crippen LogP contribution >= 0.6 is 0 Å². The molecule has 60 valence electrons. The fourth-order valence-electron chi connectivity index (χ4n) is 2.10. The van der Waals surface area contributed by atoms with Crippen LogP contribution in [0.1, 0.15) is 40.0 Å². The molecular weight excluding hydrogens is 122 g/mol. The molecule has 1 aliphatic heterocycles. The Balaban J connectivity index is 2.45.